The van der Waals surface area contributed by atoms with Gasteiger partial charge in [0.1, 0.15) is 0 Å². The molecule has 0 heterocycles. The zero-order valence-corrected chi connectivity index (χ0v) is 8.94. The molecule has 0 aliphatic carbocycles. The molecular formula is C11H9F3O4. The summed E-state index contributed by atoms with van der Waals surface area (Å²) >= 11 is 0. The first-order valence-electron chi connectivity index (χ1n) is 4.83. The number of rotatable bonds is 4. The number of hydrogen-bond donors (Lipinski definition) is 2. The van der Waals surface area contributed by atoms with Gasteiger partial charge >= 0.3 is 18.1 Å². The topological polar surface area (TPSA) is 74.6 Å². The normalized spacial score (nSPS) is 13.1. The summed E-state index contributed by atoms with van der Waals surface area (Å²) < 4.78 is 37.3. The molecule has 1 aromatic rings. The van der Waals surface area contributed by atoms with E-state index in [0.29, 0.717) is 6.07 Å². The Morgan fingerprint density at radius 3 is 2.28 bits per heavy atom. The quantitative estimate of drug-likeness (QED) is 0.873. The predicted octanol–water partition coefficient (Wildman–Crippen LogP) is 2.35. The van der Waals surface area contributed by atoms with E-state index >= 15 is 0 Å². The van der Waals surface area contributed by atoms with Crippen molar-refractivity contribution >= 4 is 11.9 Å². The van der Waals surface area contributed by atoms with Gasteiger partial charge in [0, 0.05) is 0 Å². The number of hydrogen-bond acceptors (Lipinski definition) is 2. The molecule has 2 N–H and O–H groups in total. The van der Waals surface area contributed by atoms with E-state index in [9.17, 15) is 22.8 Å². The Bertz CT molecular complexity index is 468. The van der Waals surface area contributed by atoms with Gasteiger partial charge in [-0.15, -0.1) is 0 Å². The summed E-state index contributed by atoms with van der Waals surface area (Å²) in [5, 5.41) is 17.4. The van der Waals surface area contributed by atoms with Gasteiger partial charge in [-0.3, -0.25) is 9.59 Å². The highest BCUT2D eigenvalue weighted by Gasteiger charge is 2.32. The van der Waals surface area contributed by atoms with Crippen LogP contribution in [-0.4, -0.2) is 22.2 Å². The summed E-state index contributed by atoms with van der Waals surface area (Å²) in [6, 6.07) is 3.66. The van der Waals surface area contributed by atoms with Gasteiger partial charge in [-0.25, -0.2) is 0 Å². The van der Waals surface area contributed by atoms with E-state index in [-0.39, 0.29) is 5.56 Å². The molecule has 18 heavy (non-hydrogen) atoms. The summed E-state index contributed by atoms with van der Waals surface area (Å²) in [5.41, 5.74) is -1.18. The fourth-order valence-corrected chi connectivity index (χ4v) is 1.45. The molecule has 0 spiro atoms. The molecule has 0 saturated carbocycles. The maximum Gasteiger partial charge on any atom is 0.416 e. The third-order valence-corrected chi connectivity index (χ3v) is 2.29. The van der Waals surface area contributed by atoms with Crippen molar-refractivity contribution in [1.29, 1.82) is 0 Å². The first kappa shape index (κ1) is 14.0. The molecule has 0 fully saturated rings. The Morgan fingerprint density at radius 2 is 1.83 bits per heavy atom. The molecule has 0 aliphatic heterocycles. The molecule has 0 radical (unpaired) electrons. The lowest BCUT2D eigenvalue weighted by molar-refractivity contribution is -0.145. The number of alkyl halides is 3. The minimum Gasteiger partial charge on any atom is -0.481 e. The summed E-state index contributed by atoms with van der Waals surface area (Å²) in [6.07, 6.45) is -5.36. The van der Waals surface area contributed by atoms with E-state index in [0.717, 1.165) is 18.2 Å². The van der Waals surface area contributed by atoms with Gasteiger partial charge in [-0.1, -0.05) is 18.2 Å². The van der Waals surface area contributed by atoms with Crippen LogP contribution in [0, 0.1) is 0 Å². The fraction of sp³-hybridized carbons (Fsp3) is 0.273. The van der Waals surface area contributed by atoms with Gasteiger partial charge in [0.2, 0.25) is 0 Å². The first-order chi connectivity index (χ1) is 8.21. The van der Waals surface area contributed by atoms with Crippen LogP contribution in [0.5, 0.6) is 0 Å². The molecule has 0 aliphatic rings. The molecule has 1 aromatic carbocycles. The van der Waals surface area contributed by atoms with Crippen molar-refractivity contribution in [2.45, 2.75) is 18.5 Å². The standard InChI is InChI=1S/C11H9F3O4/c12-11(13,14)7-3-1-2-6(4-7)8(10(17)18)5-9(15)16/h1-4,8H,5H2,(H,15,16)(H,17,18). The van der Waals surface area contributed by atoms with Gasteiger partial charge in [0.05, 0.1) is 17.9 Å². The summed E-state index contributed by atoms with van der Waals surface area (Å²) in [7, 11) is 0. The van der Waals surface area contributed by atoms with Crippen molar-refractivity contribution in [1.82, 2.24) is 0 Å². The Balaban J connectivity index is 3.13. The Hall–Kier alpha value is -2.05. The van der Waals surface area contributed by atoms with E-state index in [2.05, 4.69) is 0 Å². The van der Waals surface area contributed by atoms with Gasteiger partial charge in [0.15, 0.2) is 0 Å². The summed E-state index contributed by atoms with van der Waals surface area (Å²) in [5.74, 6) is -4.36. The smallest absolute Gasteiger partial charge is 0.416 e. The fourth-order valence-electron chi connectivity index (χ4n) is 1.45. The van der Waals surface area contributed by atoms with Crippen LogP contribution in [0.3, 0.4) is 0 Å². The van der Waals surface area contributed by atoms with Gasteiger partial charge in [-0.2, -0.15) is 13.2 Å². The van der Waals surface area contributed by atoms with E-state index in [1.165, 1.54) is 0 Å². The van der Waals surface area contributed by atoms with Crippen molar-refractivity contribution in [2.75, 3.05) is 0 Å². The van der Waals surface area contributed by atoms with Crippen LogP contribution in [0.2, 0.25) is 0 Å². The highest BCUT2D eigenvalue weighted by atomic mass is 19.4. The van der Waals surface area contributed by atoms with Crippen LogP contribution in [0.1, 0.15) is 23.5 Å². The molecule has 7 heteroatoms. The SMILES string of the molecule is O=C(O)CC(C(=O)O)c1cccc(C(F)(F)F)c1. The van der Waals surface area contributed by atoms with Crippen molar-refractivity contribution in [3.05, 3.63) is 35.4 Å². The van der Waals surface area contributed by atoms with Crippen molar-refractivity contribution < 1.29 is 33.0 Å². The van der Waals surface area contributed by atoms with E-state index in [1.54, 1.807) is 0 Å². The molecule has 0 bridgehead atoms. The number of aliphatic carboxylic acids is 2. The molecule has 0 saturated heterocycles. The third kappa shape index (κ3) is 3.47. The lowest BCUT2D eigenvalue weighted by atomic mass is 9.94. The number of carbonyl (C=O) groups is 2. The number of carboxylic acids is 2. The van der Waals surface area contributed by atoms with Crippen LogP contribution in [0.15, 0.2) is 24.3 Å². The average Bonchev–Trinajstić information content (AvgIpc) is 2.24. The second-order valence-electron chi connectivity index (χ2n) is 3.61. The second kappa shape index (κ2) is 5.07. The van der Waals surface area contributed by atoms with Gasteiger partial charge in [-0.05, 0) is 11.6 Å². The summed E-state index contributed by atoms with van der Waals surface area (Å²) in [4.78, 5) is 21.3. The predicted molar refractivity (Wildman–Crippen MR) is 54.1 cm³/mol. The third-order valence-electron chi connectivity index (χ3n) is 2.29. The minimum atomic E-state index is -4.59. The zero-order valence-electron chi connectivity index (χ0n) is 8.94. The maximum absolute atomic E-state index is 12.4. The Morgan fingerprint density at radius 1 is 1.22 bits per heavy atom. The van der Waals surface area contributed by atoms with Crippen molar-refractivity contribution in [3.63, 3.8) is 0 Å². The van der Waals surface area contributed by atoms with Crippen molar-refractivity contribution in [2.24, 2.45) is 0 Å². The largest absolute Gasteiger partial charge is 0.481 e. The lowest BCUT2D eigenvalue weighted by Gasteiger charge is -2.13. The highest BCUT2D eigenvalue weighted by Crippen LogP contribution is 2.31. The maximum atomic E-state index is 12.4. The molecule has 1 rings (SSSR count). The minimum absolute atomic E-state index is 0.181. The van der Waals surface area contributed by atoms with Gasteiger partial charge in [0.25, 0.3) is 0 Å². The van der Waals surface area contributed by atoms with Crippen molar-refractivity contribution in [3.8, 4) is 0 Å². The average molecular weight is 262 g/mol. The van der Waals surface area contributed by atoms with Crippen LogP contribution >= 0.6 is 0 Å². The lowest BCUT2D eigenvalue weighted by Crippen LogP contribution is -2.16. The molecule has 1 unspecified atom stereocenters. The number of carboxylic acid groups (broad SMARTS) is 2. The first-order valence-corrected chi connectivity index (χ1v) is 4.83. The highest BCUT2D eigenvalue weighted by molar-refractivity contribution is 5.82. The van der Waals surface area contributed by atoms with E-state index < -0.39 is 36.0 Å². The zero-order chi connectivity index (χ0) is 13.9. The molecule has 4 nitrogen and oxygen atoms in total. The second-order valence-corrected chi connectivity index (χ2v) is 3.61. The Kier molecular flexibility index (Phi) is 3.95. The molecule has 0 amide bonds. The van der Waals surface area contributed by atoms with Gasteiger partial charge < -0.3 is 10.2 Å². The van der Waals surface area contributed by atoms with Crippen LogP contribution < -0.4 is 0 Å². The summed E-state index contributed by atoms with van der Waals surface area (Å²) in [6.45, 7) is 0. The number of halogens is 3. The van der Waals surface area contributed by atoms with E-state index in [1.807, 2.05) is 0 Å². The molecule has 98 valence electrons. The Labute approximate surface area is 99.7 Å². The van der Waals surface area contributed by atoms with Crippen LogP contribution in [0.4, 0.5) is 13.2 Å². The van der Waals surface area contributed by atoms with E-state index in [4.69, 9.17) is 10.2 Å². The van der Waals surface area contributed by atoms with Crippen LogP contribution in [0.25, 0.3) is 0 Å². The number of benzene rings is 1. The molecular weight excluding hydrogens is 253 g/mol. The monoisotopic (exact) mass is 262 g/mol. The molecule has 0 aromatic heterocycles. The molecule has 1 atom stereocenters. The van der Waals surface area contributed by atoms with Crippen LogP contribution in [-0.2, 0) is 15.8 Å².